The van der Waals surface area contributed by atoms with Crippen LogP contribution in [0.2, 0.25) is 0 Å². The Bertz CT molecular complexity index is 524. The highest BCUT2D eigenvalue weighted by Gasteiger charge is 2.06. The molecule has 19 heavy (non-hydrogen) atoms. The molecule has 1 heterocycles. The number of aromatic nitrogens is 1. The fraction of sp³-hybridized carbons (Fsp3) is 0.312. The number of pyridine rings is 1. The number of hydrogen-bond donors (Lipinski definition) is 1. The van der Waals surface area contributed by atoms with Crippen LogP contribution in [0.3, 0.4) is 0 Å². The van der Waals surface area contributed by atoms with Crippen LogP contribution >= 0.6 is 0 Å². The van der Waals surface area contributed by atoms with Crippen LogP contribution < -0.4 is 10.1 Å². The van der Waals surface area contributed by atoms with Gasteiger partial charge in [-0.05, 0) is 25.1 Å². The first-order chi connectivity index (χ1) is 9.15. The molecule has 0 spiro atoms. The highest BCUT2D eigenvalue weighted by Crippen LogP contribution is 2.25. The zero-order chi connectivity index (χ0) is 13.7. The molecule has 100 valence electrons. The van der Waals surface area contributed by atoms with Crippen LogP contribution in [0.15, 0.2) is 42.7 Å². The largest absolute Gasteiger partial charge is 0.455 e. The summed E-state index contributed by atoms with van der Waals surface area (Å²) in [5.41, 5.74) is 2.40. The minimum atomic E-state index is 0.451. The van der Waals surface area contributed by atoms with Crippen LogP contribution in [-0.4, -0.2) is 11.0 Å². The first-order valence-electron chi connectivity index (χ1n) is 6.56. The van der Waals surface area contributed by atoms with Crippen molar-refractivity contribution < 1.29 is 4.74 Å². The maximum atomic E-state index is 5.89. The van der Waals surface area contributed by atoms with Gasteiger partial charge < -0.3 is 10.1 Å². The minimum absolute atomic E-state index is 0.451. The Morgan fingerprint density at radius 3 is 2.79 bits per heavy atom. The third-order valence-electron chi connectivity index (χ3n) is 2.78. The van der Waals surface area contributed by atoms with E-state index in [0.29, 0.717) is 6.04 Å². The SMILES string of the molecule is Cc1ccc(Oc2cccnc2)c(CNC(C)C)c1. The smallest absolute Gasteiger partial charge is 0.145 e. The molecular weight excluding hydrogens is 236 g/mol. The fourth-order valence-corrected chi connectivity index (χ4v) is 1.79. The number of rotatable bonds is 5. The Morgan fingerprint density at radius 2 is 2.11 bits per heavy atom. The van der Waals surface area contributed by atoms with Gasteiger partial charge in [0.25, 0.3) is 0 Å². The minimum Gasteiger partial charge on any atom is -0.455 e. The average molecular weight is 256 g/mol. The van der Waals surface area contributed by atoms with Crippen LogP contribution in [0.1, 0.15) is 25.0 Å². The van der Waals surface area contributed by atoms with Gasteiger partial charge in [0, 0.05) is 24.3 Å². The molecule has 2 rings (SSSR count). The number of nitrogens with zero attached hydrogens (tertiary/aromatic N) is 1. The number of benzene rings is 1. The fourth-order valence-electron chi connectivity index (χ4n) is 1.79. The monoisotopic (exact) mass is 256 g/mol. The molecule has 0 aliphatic rings. The van der Waals surface area contributed by atoms with Gasteiger partial charge in [-0.25, -0.2) is 0 Å². The molecule has 0 saturated carbocycles. The van der Waals surface area contributed by atoms with Gasteiger partial charge in [-0.15, -0.1) is 0 Å². The zero-order valence-electron chi connectivity index (χ0n) is 11.7. The number of aryl methyl sites for hydroxylation is 1. The van der Waals surface area contributed by atoms with Crippen molar-refractivity contribution in [3.05, 3.63) is 53.9 Å². The lowest BCUT2D eigenvalue weighted by Crippen LogP contribution is -2.22. The second-order valence-corrected chi connectivity index (χ2v) is 4.94. The molecule has 0 radical (unpaired) electrons. The molecular formula is C16H20N2O. The molecule has 0 saturated heterocycles. The van der Waals surface area contributed by atoms with Gasteiger partial charge in [-0.3, -0.25) is 4.98 Å². The molecule has 0 atom stereocenters. The summed E-state index contributed by atoms with van der Waals surface area (Å²) < 4.78 is 5.89. The van der Waals surface area contributed by atoms with E-state index in [9.17, 15) is 0 Å². The molecule has 0 fully saturated rings. The Morgan fingerprint density at radius 1 is 1.26 bits per heavy atom. The van der Waals surface area contributed by atoms with E-state index >= 15 is 0 Å². The first kappa shape index (κ1) is 13.6. The summed E-state index contributed by atoms with van der Waals surface area (Å²) in [5.74, 6) is 1.64. The van der Waals surface area contributed by atoms with Crippen molar-refractivity contribution in [3.63, 3.8) is 0 Å². The van der Waals surface area contributed by atoms with Crippen molar-refractivity contribution in [2.45, 2.75) is 33.4 Å². The molecule has 0 aliphatic carbocycles. The molecule has 0 bridgehead atoms. The average Bonchev–Trinajstić information content (AvgIpc) is 2.40. The van der Waals surface area contributed by atoms with E-state index in [1.807, 2.05) is 18.2 Å². The third kappa shape index (κ3) is 4.07. The predicted molar refractivity (Wildman–Crippen MR) is 77.5 cm³/mol. The zero-order valence-corrected chi connectivity index (χ0v) is 11.7. The molecule has 2 aromatic rings. The van der Waals surface area contributed by atoms with E-state index in [2.05, 4.69) is 43.2 Å². The topological polar surface area (TPSA) is 34.1 Å². The van der Waals surface area contributed by atoms with E-state index in [0.717, 1.165) is 23.6 Å². The van der Waals surface area contributed by atoms with Crippen molar-refractivity contribution in [3.8, 4) is 11.5 Å². The van der Waals surface area contributed by atoms with Crippen molar-refractivity contribution in [1.29, 1.82) is 0 Å². The van der Waals surface area contributed by atoms with Gasteiger partial charge in [0.1, 0.15) is 11.5 Å². The standard InChI is InChI=1S/C16H20N2O/c1-12(2)18-10-14-9-13(3)6-7-16(14)19-15-5-4-8-17-11-15/h4-9,11-12,18H,10H2,1-3H3. The summed E-state index contributed by atoms with van der Waals surface area (Å²) in [5, 5.41) is 3.42. The van der Waals surface area contributed by atoms with Gasteiger partial charge in [0.2, 0.25) is 0 Å². The Kier molecular flexibility index (Phi) is 4.53. The van der Waals surface area contributed by atoms with E-state index < -0.39 is 0 Å². The summed E-state index contributed by atoms with van der Waals surface area (Å²) in [6, 6.07) is 10.5. The van der Waals surface area contributed by atoms with Gasteiger partial charge in [0.15, 0.2) is 0 Å². The molecule has 1 aromatic heterocycles. The lowest BCUT2D eigenvalue weighted by Gasteiger charge is -2.14. The van der Waals surface area contributed by atoms with Crippen LogP contribution in [0.25, 0.3) is 0 Å². The van der Waals surface area contributed by atoms with Crippen LogP contribution in [-0.2, 0) is 6.54 Å². The number of hydrogen-bond acceptors (Lipinski definition) is 3. The summed E-state index contributed by atoms with van der Waals surface area (Å²) >= 11 is 0. The molecule has 0 aliphatic heterocycles. The van der Waals surface area contributed by atoms with Crippen LogP contribution in [0, 0.1) is 6.92 Å². The molecule has 1 N–H and O–H groups in total. The van der Waals surface area contributed by atoms with Gasteiger partial charge in [-0.1, -0.05) is 31.5 Å². The summed E-state index contributed by atoms with van der Waals surface area (Å²) in [6.45, 7) is 7.16. The predicted octanol–water partition coefficient (Wildman–Crippen LogP) is 3.68. The summed E-state index contributed by atoms with van der Waals surface area (Å²) in [6.07, 6.45) is 3.46. The second-order valence-electron chi connectivity index (χ2n) is 4.94. The molecule has 3 nitrogen and oxygen atoms in total. The van der Waals surface area contributed by atoms with Crippen LogP contribution in [0.5, 0.6) is 11.5 Å². The molecule has 0 unspecified atom stereocenters. The first-order valence-corrected chi connectivity index (χ1v) is 6.56. The molecule has 1 aromatic carbocycles. The molecule has 3 heteroatoms. The third-order valence-corrected chi connectivity index (χ3v) is 2.78. The lowest BCUT2D eigenvalue weighted by atomic mass is 10.1. The van der Waals surface area contributed by atoms with E-state index in [1.54, 1.807) is 12.4 Å². The maximum absolute atomic E-state index is 5.89. The normalized spacial score (nSPS) is 10.7. The second kappa shape index (κ2) is 6.34. The lowest BCUT2D eigenvalue weighted by molar-refractivity contribution is 0.467. The summed E-state index contributed by atoms with van der Waals surface area (Å²) in [4.78, 5) is 4.06. The van der Waals surface area contributed by atoms with E-state index in [1.165, 1.54) is 5.56 Å². The van der Waals surface area contributed by atoms with Crippen molar-refractivity contribution in [1.82, 2.24) is 10.3 Å². The quantitative estimate of drug-likeness (QED) is 0.886. The van der Waals surface area contributed by atoms with E-state index in [4.69, 9.17) is 4.74 Å². The Balaban J connectivity index is 2.19. The Hall–Kier alpha value is -1.87. The van der Waals surface area contributed by atoms with E-state index in [-0.39, 0.29) is 0 Å². The van der Waals surface area contributed by atoms with Crippen molar-refractivity contribution in [2.75, 3.05) is 0 Å². The van der Waals surface area contributed by atoms with Gasteiger partial charge in [0.05, 0.1) is 6.20 Å². The summed E-state index contributed by atoms with van der Waals surface area (Å²) in [7, 11) is 0. The van der Waals surface area contributed by atoms with Crippen molar-refractivity contribution >= 4 is 0 Å². The van der Waals surface area contributed by atoms with Crippen molar-refractivity contribution in [2.24, 2.45) is 0 Å². The molecule has 0 amide bonds. The highest BCUT2D eigenvalue weighted by atomic mass is 16.5. The van der Waals surface area contributed by atoms with Gasteiger partial charge >= 0.3 is 0 Å². The maximum Gasteiger partial charge on any atom is 0.145 e. The Labute approximate surface area is 114 Å². The van der Waals surface area contributed by atoms with Gasteiger partial charge in [-0.2, -0.15) is 0 Å². The van der Waals surface area contributed by atoms with Crippen LogP contribution in [0.4, 0.5) is 0 Å². The number of nitrogens with one attached hydrogen (secondary N) is 1. The highest BCUT2D eigenvalue weighted by molar-refractivity contribution is 5.39. The number of ether oxygens (including phenoxy) is 1.